The van der Waals surface area contributed by atoms with Gasteiger partial charge in [0.25, 0.3) is 5.91 Å². The SMILES string of the molecule is CC(C)c1ccc(C(C(=O)NC2CCCCC2)N(CCc2ccccc2)C(=O)c2cnccn2)cc1. The van der Waals surface area contributed by atoms with Crippen LogP contribution in [0.15, 0.2) is 73.2 Å². The predicted octanol–water partition coefficient (Wildman–Crippen LogP) is 5.48. The van der Waals surface area contributed by atoms with E-state index in [2.05, 4.69) is 41.3 Å². The standard InChI is InChI=1S/C30H36N4O2/c1-22(2)24-13-15-25(16-14-24)28(29(35)33-26-11-7-4-8-12-26)34(20-17-23-9-5-3-6-10-23)30(36)27-21-31-18-19-32-27/h3,5-6,9-10,13-16,18-19,21-22,26,28H,4,7-8,11-12,17,20H2,1-2H3,(H,33,35). The van der Waals surface area contributed by atoms with Gasteiger partial charge in [0.1, 0.15) is 11.7 Å². The van der Waals surface area contributed by atoms with Crippen molar-refractivity contribution in [2.45, 2.75) is 70.4 Å². The number of nitrogens with one attached hydrogen (secondary N) is 1. The number of rotatable bonds is 9. The third-order valence-electron chi connectivity index (χ3n) is 6.96. The maximum atomic E-state index is 13.9. The van der Waals surface area contributed by atoms with Crippen LogP contribution in [-0.4, -0.2) is 39.3 Å². The fourth-order valence-electron chi connectivity index (χ4n) is 4.86. The molecular weight excluding hydrogens is 448 g/mol. The average Bonchev–Trinajstić information content (AvgIpc) is 2.92. The molecule has 0 spiro atoms. The number of carbonyl (C=O) groups is 2. The van der Waals surface area contributed by atoms with E-state index in [-0.39, 0.29) is 23.6 Å². The van der Waals surface area contributed by atoms with Crippen LogP contribution in [0.2, 0.25) is 0 Å². The fraction of sp³-hybridized carbons (Fsp3) is 0.400. The maximum Gasteiger partial charge on any atom is 0.275 e. The van der Waals surface area contributed by atoms with Gasteiger partial charge in [-0.15, -0.1) is 0 Å². The Morgan fingerprint density at radius 1 is 0.944 bits per heavy atom. The van der Waals surface area contributed by atoms with E-state index in [4.69, 9.17) is 0 Å². The van der Waals surface area contributed by atoms with E-state index < -0.39 is 6.04 Å². The topological polar surface area (TPSA) is 75.2 Å². The van der Waals surface area contributed by atoms with Crippen LogP contribution in [0.1, 0.15) is 85.1 Å². The Morgan fingerprint density at radius 3 is 2.28 bits per heavy atom. The minimum absolute atomic E-state index is 0.135. The number of hydrogen-bond acceptors (Lipinski definition) is 4. The zero-order valence-electron chi connectivity index (χ0n) is 21.3. The molecule has 0 bridgehead atoms. The lowest BCUT2D eigenvalue weighted by Gasteiger charge is -2.33. The van der Waals surface area contributed by atoms with Gasteiger partial charge in [-0.3, -0.25) is 14.6 Å². The number of hydrogen-bond donors (Lipinski definition) is 1. The van der Waals surface area contributed by atoms with Crippen LogP contribution in [0.5, 0.6) is 0 Å². The highest BCUT2D eigenvalue weighted by Gasteiger charge is 2.34. The first-order valence-corrected chi connectivity index (χ1v) is 13.0. The van der Waals surface area contributed by atoms with Crippen molar-refractivity contribution in [3.63, 3.8) is 0 Å². The summed E-state index contributed by atoms with van der Waals surface area (Å²) in [6, 6.07) is 17.5. The fourth-order valence-corrected chi connectivity index (χ4v) is 4.86. The Kier molecular flexibility index (Phi) is 8.82. The van der Waals surface area contributed by atoms with E-state index in [0.29, 0.717) is 18.9 Å². The highest BCUT2D eigenvalue weighted by Crippen LogP contribution is 2.27. The Bertz CT molecular complexity index is 1110. The van der Waals surface area contributed by atoms with Crippen LogP contribution in [-0.2, 0) is 11.2 Å². The third kappa shape index (κ3) is 6.56. The molecule has 36 heavy (non-hydrogen) atoms. The lowest BCUT2D eigenvalue weighted by molar-refractivity contribution is -0.126. The molecule has 2 aromatic carbocycles. The Morgan fingerprint density at radius 2 is 1.64 bits per heavy atom. The lowest BCUT2D eigenvalue weighted by Crippen LogP contribution is -2.47. The van der Waals surface area contributed by atoms with Crippen LogP contribution in [0, 0.1) is 0 Å². The monoisotopic (exact) mass is 484 g/mol. The van der Waals surface area contributed by atoms with Gasteiger partial charge in [0.05, 0.1) is 6.20 Å². The molecule has 0 aliphatic heterocycles. The zero-order valence-corrected chi connectivity index (χ0v) is 21.3. The molecule has 3 aromatic rings. The minimum atomic E-state index is -0.758. The first-order valence-electron chi connectivity index (χ1n) is 13.0. The molecule has 1 atom stereocenters. The normalized spacial score (nSPS) is 14.9. The molecule has 1 unspecified atom stereocenters. The molecule has 2 amide bonds. The highest BCUT2D eigenvalue weighted by atomic mass is 16.2. The molecule has 6 nitrogen and oxygen atoms in total. The summed E-state index contributed by atoms with van der Waals surface area (Å²) in [5.74, 6) is -0.0516. The number of amides is 2. The summed E-state index contributed by atoms with van der Waals surface area (Å²) < 4.78 is 0. The molecule has 1 fully saturated rings. The summed E-state index contributed by atoms with van der Waals surface area (Å²) in [4.78, 5) is 37.7. The molecular formula is C30H36N4O2. The molecule has 0 radical (unpaired) electrons. The van der Waals surface area contributed by atoms with E-state index in [1.165, 1.54) is 24.4 Å². The largest absolute Gasteiger partial charge is 0.351 e. The summed E-state index contributed by atoms with van der Waals surface area (Å²) in [6.07, 6.45) is 10.6. The molecule has 1 saturated carbocycles. The first-order chi connectivity index (χ1) is 17.5. The Balaban J connectivity index is 1.70. The van der Waals surface area contributed by atoms with Gasteiger partial charge in [0.2, 0.25) is 5.91 Å². The zero-order chi connectivity index (χ0) is 25.3. The van der Waals surface area contributed by atoms with Crippen molar-refractivity contribution in [2.24, 2.45) is 0 Å². The van der Waals surface area contributed by atoms with Crippen LogP contribution in [0.4, 0.5) is 0 Å². The van der Waals surface area contributed by atoms with Crippen molar-refractivity contribution in [3.05, 3.63) is 95.6 Å². The van der Waals surface area contributed by atoms with Gasteiger partial charge in [0, 0.05) is 25.0 Å². The van der Waals surface area contributed by atoms with E-state index >= 15 is 0 Å². The second-order valence-corrected chi connectivity index (χ2v) is 9.89. The van der Waals surface area contributed by atoms with E-state index in [9.17, 15) is 9.59 Å². The Hall–Kier alpha value is -3.54. The number of carbonyl (C=O) groups excluding carboxylic acids is 2. The van der Waals surface area contributed by atoms with Crippen LogP contribution < -0.4 is 5.32 Å². The van der Waals surface area contributed by atoms with Gasteiger partial charge in [-0.2, -0.15) is 0 Å². The van der Waals surface area contributed by atoms with Gasteiger partial charge in [0.15, 0.2) is 0 Å². The Labute approximate surface area is 214 Å². The van der Waals surface area contributed by atoms with Gasteiger partial charge < -0.3 is 10.2 Å². The minimum Gasteiger partial charge on any atom is -0.351 e. The molecule has 0 saturated heterocycles. The van der Waals surface area contributed by atoms with Crippen molar-refractivity contribution in [1.29, 1.82) is 0 Å². The highest BCUT2D eigenvalue weighted by molar-refractivity contribution is 5.96. The second kappa shape index (κ2) is 12.4. The van der Waals surface area contributed by atoms with E-state index in [1.807, 2.05) is 42.5 Å². The molecule has 1 N–H and O–H groups in total. The number of benzene rings is 2. The van der Waals surface area contributed by atoms with Gasteiger partial charge in [-0.05, 0) is 41.9 Å². The molecule has 1 aliphatic rings. The van der Waals surface area contributed by atoms with Gasteiger partial charge >= 0.3 is 0 Å². The second-order valence-electron chi connectivity index (χ2n) is 9.89. The molecule has 4 rings (SSSR count). The first kappa shape index (κ1) is 25.5. The molecule has 1 aromatic heterocycles. The number of aromatic nitrogens is 2. The molecule has 188 valence electrons. The van der Waals surface area contributed by atoms with Gasteiger partial charge in [-0.1, -0.05) is 87.7 Å². The van der Waals surface area contributed by atoms with Crippen molar-refractivity contribution < 1.29 is 9.59 Å². The van der Waals surface area contributed by atoms with Crippen molar-refractivity contribution in [2.75, 3.05) is 6.54 Å². The van der Waals surface area contributed by atoms with Crippen LogP contribution in [0.25, 0.3) is 0 Å². The van der Waals surface area contributed by atoms with Crippen molar-refractivity contribution in [1.82, 2.24) is 20.2 Å². The quantitative estimate of drug-likeness (QED) is 0.437. The van der Waals surface area contributed by atoms with E-state index in [0.717, 1.165) is 36.8 Å². The smallest absolute Gasteiger partial charge is 0.275 e. The van der Waals surface area contributed by atoms with Crippen molar-refractivity contribution >= 4 is 11.8 Å². The molecule has 1 heterocycles. The van der Waals surface area contributed by atoms with E-state index in [1.54, 1.807) is 11.1 Å². The van der Waals surface area contributed by atoms with Crippen LogP contribution in [0.3, 0.4) is 0 Å². The average molecular weight is 485 g/mol. The summed E-state index contributed by atoms with van der Waals surface area (Å²) in [5.41, 5.74) is 3.34. The summed E-state index contributed by atoms with van der Waals surface area (Å²) in [7, 11) is 0. The van der Waals surface area contributed by atoms with Crippen molar-refractivity contribution in [3.8, 4) is 0 Å². The molecule has 6 heteroatoms. The molecule has 1 aliphatic carbocycles. The predicted molar refractivity (Wildman–Crippen MR) is 142 cm³/mol. The van der Waals surface area contributed by atoms with Crippen LogP contribution >= 0.6 is 0 Å². The lowest BCUT2D eigenvalue weighted by atomic mass is 9.94. The van der Waals surface area contributed by atoms with Gasteiger partial charge in [-0.25, -0.2) is 4.98 Å². The summed E-state index contributed by atoms with van der Waals surface area (Å²) in [5, 5.41) is 3.27. The summed E-state index contributed by atoms with van der Waals surface area (Å²) in [6.45, 7) is 4.67. The maximum absolute atomic E-state index is 13.9. The number of nitrogens with zero attached hydrogens (tertiary/aromatic N) is 3. The summed E-state index contributed by atoms with van der Waals surface area (Å²) >= 11 is 0. The third-order valence-corrected chi connectivity index (χ3v) is 6.96.